The van der Waals surface area contributed by atoms with E-state index in [2.05, 4.69) is 15.3 Å². The highest BCUT2D eigenvalue weighted by Gasteiger charge is 2.15. The maximum absolute atomic E-state index is 12.1. The third-order valence-corrected chi connectivity index (χ3v) is 3.21. The molecule has 0 aromatic carbocycles. The van der Waals surface area contributed by atoms with Crippen molar-refractivity contribution in [2.24, 2.45) is 0 Å². The summed E-state index contributed by atoms with van der Waals surface area (Å²) in [5.74, 6) is -0.424. The topological polar surface area (TPSA) is 54.9 Å². The summed E-state index contributed by atoms with van der Waals surface area (Å²) >= 11 is 17.6. The predicted molar refractivity (Wildman–Crippen MR) is 76.2 cm³/mol. The lowest BCUT2D eigenvalue weighted by molar-refractivity contribution is 0.102. The van der Waals surface area contributed by atoms with Crippen molar-refractivity contribution < 1.29 is 4.79 Å². The molecule has 2 aromatic heterocycles. The number of nitrogens with zero attached hydrogens (tertiary/aromatic N) is 2. The lowest BCUT2D eigenvalue weighted by Gasteiger charge is -2.10. The van der Waals surface area contributed by atoms with Gasteiger partial charge in [0.25, 0.3) is 5.91 Å². The molecule has 0 spiro atoms. The summed E-state index contributed by atoms with van der Waals surface area (Å²) in [7, 11) is 0. The molecule has 4 nitrogen and oxygen atoms in total. The fourth-order valence-electron chi connectivity index (χ4n) is 1.44. The molecule has 0 saturated carbocycles. The van der Waals surface area contributed by atoms with Gasteiger partial charge in [-0.15, -0.1) is 0 Å². The Labute approximate surface area is 124 Å². The SMILES string of the molecule is Cc1ccnc(Cl)c1NC(=O)c1cc(Cl)ncc1Cl. The zero-order valence-corrected chi connectivity index (χ0v) is 12.0. The number of aryl methyl sites for hydroxylation is 1. The molecule has 0 radical (unpaired) electrons. The van der Waals surface area contributed by atoms with Gasteiger partial charge in [-0.1, -0.05) is 34.8 Å². The highest BCUT2D eigenvalue weighted by atomic mass is 35.5. The molecule has 98 valence electrons. The highest BCUT2D eigenvalue weighted by molar-refractivity contribution is 6.36. The van der Waals surface area contributed by atoms with Gasteiger partial charge in [-0.05, 0) is 24.6 Å². The standard InChI is InChI=1S/C12H8Cl3N3O/c1-6-2-3-16-11(15)10(6)18-12(19)7-4-9(14)17-5-8(7)13/h2-5H,1H3,(H,18,19). The summed E-state index contributed by atoms with van der Waals surface area (Å²) in [5.41, 5.74) is 1.46. The lowest BCUT2D eigenvalue weighted by atomic mass is 10.2. The molecule has 0 aliphatic rings. The van der Waals surface area contributed by atoms with Gasteiger partial charge in [0.15, 0.2) is 5.15 Å². The molecule has 2 rings (SSSR count). The van der Waals surface area contributed by atoms with Crippen molar-refractivity contribution in [1.82, 2.24) is 9.97 Å². The zero-order chi connectivity index (χ0) is 14.0. The van der Waals surface area contributed by atoms with Crippen LogP contribution in [0.5, 0.6) is 0 Å². The molecular weight excluding hydrogens is 309 g/mol. The van der Waals surface area contributed by atoms with Crippen LogP contribution in [0, 0.1) is 6.92 Å². The third kappa shape index (κ3) is 3.15. The molecule has 19 heavy (non-hydrogen) atoms. The van der Waals surface area contributed by atoms with Crippen LogP contribution in [-0.4, -0.2) is 15.9 Å². The minimum Gasteiger partial charge on any atom is -0.319 e. The van der Waals surface area contributed by atoms with E-state index in [1.165, 1.54) is 12.3 Å². The molecular formula is C12H8Cl3N3O. The number of aromatic nitrogens is 2. The summed E-state index contributed by atoms with van der Waals surface area (Å²) in [5, 5.41) is 3.26. The Morgan fingerprint density at radius 3 is 2.68 bits per heavy atom. The van der Waals surface area contributed by atoms with E-state index < -0.39 is 5.91 Å². The quantitative estimate of drug-likeness (QED) is 0.852. The Kier molecular flexibility index (Phi) is 4.24. The smallest absolute Gasteiger partial charge is 0.257 e. The second-order valence-electron chi connectivity index (χ2n) is 3.73. The number of nitrogens with one attached hydrogen (secondary N) is 1. The van der Waals surface area contributed by atoms with Crippen LogP contribution in [0.2, 0.25) is 15.3 Å². The number of hydrogen-bond donors (Lipinski definition) is 1. The van der Waals surface area contributed by atoms with Gasteiger partial charge >= 0.3 is 0 Å². The normalized spacial score (nSPS) is 10.3. The monoisotopic (exact) mass is 315 g/mol. The first kappa shape index (κ1) is 14.1. The minimum atomic E-state index is -0.424. The van der Waals surface area contributed by atoms with Crippen LogP contribution in [0.3, 0.4) is 0 Å². The Morgan fingerprint density at radius 2 is 2.00 bits per heavy atom. The van der Waals surface area contributed by atoms with Gasteiger partial charge in [-0.2, -0.15) is 0 Å². The van der Waals surface area contributed by atoms with Crippen molar-refractivity contribution >= 4 is 46.4 Å². The fraction of sp³-hybridized carbons (Fsp3) is 0.0833. The van der Waals surface area contributed by atoms with Gasteiger partial charge in [0.2, 0.25) is 0 Å². The van der Waals surface area contributed by atoms with Crippen LogP contribution in [0.25, 0.3) is 0 Å². The van der Waals surface area contributed by atoms with Gasteiger partial charge < -0.3 is 5.32 Å². The van der Waals surface area contributed by atoms with Gasteiger partial charge in [-0.3, -0.25) is 4.79 Å². The van der Waals surface area contributed by atoms with Crippen molar-refractivity contribution in [1.29, 1.82) is 0 Å². The van der Waals surface area contributed by atoms with E-state index in [0.717, 1.165) is 5.56 Å². The Balaban J connectivity index is 2.34. The molecule has 0 unspecified atom stereocenters. The second-order valence-corrected chi connectivity index (χ2v) is 4.89. The van der Waals surface area contributed by atoms with Crippen molar-refractivity contribution in [3.05, 3.63) is 51.0 Å². The number of halogens is 3. The Morgan fingerprint density at radius 1 is 1.26 bits per heavy atom. The minimum absolute atomic E-state index is 0.184. The van der Waals surface area contributed by atoms with E-state index >= 15 is 0 Å². The first-order chi connectivity index (χ1) is 8.99. The van der Waals surface area contributed by atoms with Crippen molar-refractivity contribution in [3.63, 3.8) is 0 Å². The van der Waals surface area contributed by atoms with Crippen LogP contribution in [0.4, 0.5) is 5.69 Å². The molecule has 0 saturated heterocycles. The van der Waals surface area contributed by atoms with Crippen molar-refractivity contribution in [2.45, 2.75) is 6.92 Å². The van der Waals surface area contributed by atoms with Gasteiger partial charge in [0, 0.05) is 12.4 Å². The second kappa shape index (κ2) is 5.74. The Hall–Kier alpha value is -1.36. The number of carbonyl (C=O) groups excluding carboxylic acids is 1. The number of pyridine rings is 2. The molecule has 0 atom stereocenters. The summed E-state index contributed by atoms with van der Waals surface area (Å²) in [6.45, 7) is 1.81. The Bertz CT molecular complexity index is 626. The lowest BCUT2D eigenvalue weighted by Crippen LogP contribution is -2.14. The van der Waals surface area contributed by atoms with Crippen LogP contribution >= 0.6 is 34.8 Å². The number of anilines is 1. The van der Waals surface area contributed by atoms with Crippen molar-refractivity contribution in [2.75, 3.05) is 5.32 Å². The van der Waals surface area contributed by atoms with Gasteiger partial charge in [0.1, 0.15) is 5.15 Å². The maximum Gasteiger partial charge on any atom is 0.257 e. The predicted octanol–water partition coefficient (Wildman–Crippen LogP) is 4.00. The zero-order valence-electron chi connectivity index (χ0n) is 9.75. The van der Waals surface area contributed by atoms with E-state index in [1.54, 1.807) is 12.3 Å². The number of rotatable bonds is 2. The molecule has 1 N–H and O–H groups in total. The van der Waals surface area contributed by atoms with Gasteiger partial charge in [-0.25, -0.2) is 9.97 Å². The summed E-state index contributed by atoms with van der Waals surface area (Å²) in [4.78, 5) is 19.8. The fourth-order valence-corrected chi connectivity index (χ4v) is 2.04. The molecule has 0 bridgehead atoms. The van der Waals surface area contributed by atoms with E-state index in [4.69, 9.17) is 34.8 Å². The average Bonchev–Trinajstić information content (AvgIpc) is 2.37. The highest BCUT2D eigenvalue weighted by Crippen LogP contribution is 2.25. The molecule has 0 aliphatic carbocycles. The third-order valence-electron chi connectivity index (χ3n) is 2.42. The number of amides is 1. The summed E-state index contributed by atoms with van der Waals surface area (Å²) in [6.07, 6.45) is 2.88. The molecule has 7 heteroatoms. The summed E-state index contributed by atoms with van der Waals surface area (Å²) < 4.78 is 0. The van der Waals surface area contributed by atoms with Crippen LogP contribution in [-0.2, 0) is 0 Å². The van der Waals surface area contributed by atoms with Crippen LogP contribution in [0.1, 0.15) is 15.9 Å². The number of hydrogen-bond acceptors (Lipinski definition) is 3. The van der Waals surface area contributed by atoms with Crippen LogP contribution in [0.15, 0.2) is 24.5 Å². The molecule has 2 heterocycles. The van der Waals surface area contributed by atoms with E-state index in [1.807, 2.05) is 6.92 Å². The molecule has 0 aliphatic heterocycles. The maximum atomic E-state index is 12.1. The van der Waals surface area contributed by atoms with Crippen LogP contribution < -0.4 is 5.32 Å². The van der Waals surface area contributed by atoms with E-state index in [9.17, 15) is 4.79 Å². The van der Waals surface area contributed by atoms with E-state index in [-0.39, 0.29) is 20.9 Å². The van der Waals surface area contributed by atoms with Crippen molar-refractivity contribution in [3.8, 4) is 0 Å². The first-order valence-corrected chi connectivity index (χ1v) is 6.36. The molecule has 2 aromatic rings. The summed E-state index contributed by atoms with van der Waals surface area (Å²) in [6, 6.07) is 3.13. The average molecular weight is 317 g/mol. The number of carbonyl (C=O) groups is 1. The van der Waals surface area contributed by atoms with E-state index in [0.29, 0.717) is 5.69 Å². The first-order valence-electron chi connectivity index (χ1n) is 5.22. The van der Waals surface area contributed by atoms with Gasteiger partial charge in [0.05, 0.1) is 16.3 Å². The largest absolute Gasteiger partial charge is 0.319 e. The molecule has 1 amide bonds. The molecule has 0 fully saturated rings.